The van der Waals surface area contributed by atoms with Crippen LogP contribution in [0.3, 0.4) is 0 Å². The molecule has 0 aliphatic heterocycles. The quantitative estimate of drug-likeness (QED) is 0.846. The SMILES string of the molecule is CC(C)(C)Nc1ncc(-c2ccccc2)s1. The minimum Gasteiger partial charge on any atom is -0.357 e. The first-order chi connectivity index (χ1) is 7.54. The lowest BCUT2D eigenvalue weighted by Crippen LogP contribution is -2.25. The maximum Gasteiger partial charge on any atom is 0.183 e. The van der Waals surface area contributed by atoms with Gasteiger partial charge in [-0.1, -0.05) is 41.7 Å². The van der Waals surface area contributed by atoms with E-state index in [9.17, 15) is 0 Å². The Balaban J connectivity index is 2.21. The molecule has 2 aromatic rings. The van der Waals surface area contributed by atoms with Gasteiger partial charge in [0.2, 0.25) is 0 Å². The second-order valence-corrected chi connectivity index (χ2v) is 5.80. The summed E-state index contributed by atoms with van der Waals surface area (Å²) < 4.78 is 0. The van der Waals surface area contributed by atoms with Gasteiger partial charge in [0.05, 0.1) is 4.88 Å². The summed E-state index contributed by atoms with van der Waals surface area (Å²) in [5, 5.41) is 4.36. The maximum absolute atomic E-state index is 4.39. The van der Waals surface area contributed by atoms with E-state index in [1.54, 1.807) is 11.3 Å². The Hall–Kier alpha value is -1.35. The van der Waals surface area contributed by atoms with E-state index in [2.05, 4.69) is 43.2 Å². The largest absolute Gasteiger partial charge is 0.357 e. The third-order valence-corrected chi connectivity index (χ3v) is 3.01. The van der Waals surface area contributed by atoms with E-state index in [-0.39, 0.29) is 5.54 Å². The van der Waals surface area contributed by atoms with Crippen molar-refractivity contribution in [2.45, 2.75) is 26.3 Å². The molecule has 0 spiro atoms. The lowest BCUT2D eigenvalue weighted by Gasteiger charge is -2.19. The molecule has 1 aromatic carbocycles. The number of hydrogen-bond donors (Lipinski definition) is 1. The van der Waals surface area contributed by atoms with Crippen molar-refractivity contribution in [1.29, 1.82) is 0 Å². The van der Waals surface area contributed by atoms with Crippen molar-refractivity contribution in [2.75, 3.05) is 5.32 Å². The maximum atomic E-state index is 4.39. The minimum absolute atomic E-state index is 0.0613. The van der Waals surface area contributed by atoms with Gasteiger partial charge >= 0.3 is 0 Å². The zero-order valence-corrected chi connectivity index (χ0v) is 10.6. The summed E-state index contributed by atoms with van der Waals surface area (Å²) in [5.41, 5.74) is 1.29. The summed E-state index contributed by atoms with van der Waals surface area (Å²) in [5.74, 6) is 0. The zero-order valence-electron chi connectivity index (χ0n) is 9.82. The summed E-state index contributed by atoms with van der Waals surface area (Å²) in [7, 11) is 0. The predicted octanol–water partition coefficient (Wildman–Crippen LogP) is 4.02. The monoisotopic (exact) mass is 232 g/mol. The number of aromatic nitrogens is 1. The van der Waals surface area contributed by atoms with Crippen LogP contribution in [0.1, 0.15) is 20.8 Å². The molecule has 0 radical (unpaired) electrons. The number of thiazole rings is 1. The first-order valence-electron chi connectivity index (χ1n) is 5.34. The van der Waals surface area contributed by atoms with E-state index in [0.29, 0.717) is 0 Å². The second kappa shape index (κ2) is 4.26. The molecule has 0 aliphatic rings. The molecule has 2 nitrogen and oxygen atoms in total. The number of anilines is 1. The van der Waals surface area contributed by atoms with E-state index < -0.39 is 0 Å². The van der Waals surface area contributed by atoms with Gasteiger partial charge in [0, 0.05) is 11.7 Å². The third-order valence-electron chi connectivity index (χ3n) is 2.05. The molecule has 0 atom stereocenters. The van der Waals surface area contributed by atoms with Crippen LogP contribution in [0.15, 0.2) is 36.5 Å². The van der Waals surface area contributed by atoms with Crippen molar-refractivity contribution < 1.29 is 0 Å². The van der Waals surface area contributed by atoms with Gasteiger partial charge in [-0.25, -0.2) is 4.98 Å². The molecule has 0 bridgehead atoms. The molecular weight excluding hydrogens is 216 g/mol. The second-order valence-electron chi connectivity index (χ2n) is 4.77. The van der Waals surface area contributed by atoms with Gasteiger partial charge in [-0.05, 0) is 26.3 Å². The van der Waals surface area contributed by atoms with E-state index in [4.69, 9.17) is 0 Å². The molecule has 1 aromatic heterocycles. The fourth-order valence-electron chi connectivity index (χ4n) is 1.39. The van der Waals surface area contributed by atoms with Gasteiger partial charge in [-0.2, -0.15) is 0 Å². The summed E-state index contributed by atoms with van der Waals surface area (Å²) in [6.45, 7) is 6.41. The Bertz CT molecular complexity index is 454. The highest BCUT2D eigenvalue weighted by Crippen LogP contribution is 2.29. The van der Waals surface area contributed by atoms with E-state index in [1.165, 1.54) is 10.4 Å². The molecule has 1 heterocycles. The first kappa shape index (κ1) is 11.1. The number of rotatable bonds is 2. The molecule has 0 fully saturated rings. The van der Waals surface area contributed by atoms with Gasteiger partial charge in [0.15, 0.2) is 5.13 Å². The van der Waals surface area contributed by atoms with Crippen molar-refractivity contribution in [3.05, 3.63) is 36.5 Å². The predicted molar refractivity (Wildman–Crippen MR) is 70.9 cm³/mol. The summed E-state index contributed by atoms with van der Waals surface area (Å²) >= 11 is 1.69. The highest BCUT2D eigenvalue weighted by molar-refractivity contribution is 7.18. The van der Waals surface area contributed by atoms with Crippen LogP contribution < -0.4 is 5.32 Å². The molecule has 0 amide bonds. The van der Waals surface area contributed by atoms with Crippen LogP contribution >= 0.6 is 11.3 Å². The number of hydrogen-bond acceptors (Lipinski definition) is 3. The van der Waals surface area contributed by atoms with Crippen molar-refractivity contribution in [2.24, 2.45) is 0 Å². The van der Waals surface area contributed by atoms with Gasteiger partial charge in [0.25, 0.3) is 0 Å². The molecule has 0 saturated carbocycles. The Kier molecular flexibility index (Phi) is 2.97. The van der Waals surface area contributed by atoms with Crippen LogP contribution in [-0.2, 0) is 0 Å². The Labute approximate surface area is 100 Å². The highest BCUT2D eigenvalue weighted by atomic mass is 32.1. The van der Waals surface area contributed by atoms with E-state index >= 15 is 0 Å². The molecule has 1 N–H and O–H groups in total. The standard InChI is InChI=1S/C13H16N2S/c1-13(2,3)15-12-14-9-11(16-12)10-7-5-4-6-8-10/h4-9H,1-3H3,(H,14,15). The minimum atomic E-state index is 0.0613. The van der Waals surface area contributed by atoms with Crippen LogP contribution in [0.4, 0.5) is 5.13 Å². The number of benzene rings is 1. The molecule has 16 heavy (non-hydrogen) atoms. The highest BCUT2D eigenvalue weighted by Gasteiger charge is 2.12. The molecule has 0 saturated heterocycles. The Morgan fingerprint density at radius 1 is 1.12 bits per heavy atom. The van der Waals surface area contributed by atoms with Crippen molar-refractivity contribution >= 4 is 16.5 Å². The number of nitrogens with zero attached hydrogens (tertiary/aromatic N) is 1. The van der Waals surface area contributed by atoms with Crippen molar-refractivity contribution in [3.8, 4) is 10.4 Å². The van der Waals surface area contributed by atoms with Crippen LogP contribution in [0.5, 0.6) is 0 Å². The van der Waals surface area contributed by atoms with Gasteiger partial charge in [-0.3, -0.25) is 0 Å². The fourth-order valence-corrected chi connectivity index (χ4v) is 2.42. The molecule has 3 heteroatoms. The van der Waals surface area contributed by atoms with Gasteiger partial charge in [-0.15, -0.1) is 0 Å². The zero-order chi connectivity index (χ0) is 11.6. The molecule has 2 rings (SSSR count). The van der Waals surface area contributed by atoms with Crippen LogP contribution in [0.25, 0.3) is 10.4 Å². The number of nitrogens with one attached hydrogen (secondary N) is 1. The van der Waals surface area contributed by atoms with Gasteiger partial charge in [0.1, 0.15) is 0 Å². The van der Waals surface area contributed by atoms with Crippen molar-refractivity contribution in [1.82, 2.24) is 4.98 Å². The van der Waals surface area contributed by atoms with Crippen LogP contribution in [-0.4, -0.2) is 10.5 Å². The van der Waals surface area contributed by atoms with Crippen LogP contribution in [0.2, 0.25) is 0 Å². The van der Waals surface area contributed by atoms with Crippen molar-refractivity contribution in [3.63, 3.8) is 0 Å². The van der Waals surface area contributed by atoms with Crippen LogP contribution in [0, 0.1) is 0 Å². The van der Waals surface area contributed by atoms with Gasteiger partial charge < -0.3 is 5.32 Å². The molecule has 0 aliphatic carbocycles. The third kappa shape index (κ3) is 2.83. The summed E-state index contributed by atoms with van der Waals surface area (Å²) in [4.78, 5) is 5.59. The smallest absolute Gasteiger partial charge is 0.183 e. The van der Waals surface area contributed by atoms with E-state index in [1.807, 2.05) is 24.4 Å². The normalized spacial score (nSPS) is 11.4. The molecule has 0 unspecified atom stereocenters. The fraction of sp³-hybridized carbons (Fsp3) is 0.308. The average molecular weight is 232 g/mol. The summed E-state index contributed by atoms with van der Waals surface area (Å²) in [6, 6.07) is 10.3. The lowest BCUT2D eigenvalue weighted by molar-refractivity contribution is 0.633. The summed E-state index contributed by atoms with van der Waals surface area (Å²) in [6.07, 6.45) is 1.92. The average Bonchev–Trinajstić information content (AvgIpc) is 2.65. The first-order valence-corrected chi connectivity index (χ1v) is 6.16. The Morgan fingerprint density at radius 3 is 2.44 bits per heavy atom. The molecule has 84 valence electrons. The topological polar surface area (TPSA) is 24.9 Å². The lowest BCUT2D eigenvalue weighted by atomic mass is 10.1. The molecular formula is C13H16N2S. The van der Waals surface area contributed by atoms with E-state index in [0.717, 1.165) is 5.13 Å². The Morgan fingerprint density at radius 2 is 1.81 bits per heavy atom.